The minimum Gasteiger partial charge on any atom is -0.486 e. The van der Waals surface area contributed by atoms with Gasteiger partial charge in [-0.3, -0.25) is 0 Å². The van der Waals surface area contributed by atoms with E-state index in [1.165, 1.54) is 0 Å². The van der Waals surface area contributed by atoms with Crippen molar-refractivity contribution < 1.29 is 14.6 Å². The molecule has 2 rings (SSSR count). The Hall–Kier alpha value is -0.870. The van der Waals surface area contributed by atoms with Crippen LogP contribution in [0.25, 0.3) is 0 Å². The standard InChI is InChI=1S/C11H14O3S/c12-9(3-6-15)8-1-2-10-11(7-8)14-5-4-13-10/h1-2,7,9,12,15H,3-6H2. The Morgan fingerprint density at radius 2 is 2.00 bits per heavy atom. The van der Waals surface area contributed by atoms with Gasteiger partial charge in [-0.1, -0.05) is 6.07 Å². The van der Waals surface area contributed by atoms with E-state index in [1.807, 2.05) is 18.2 Å². The Bertz CT molecular complexity index is 341. The number of fused-ring (bicyclic) bond motifs is 1. The van der Waals surface area contributed by atoms with Crippen LogP contribution >= 0.6 is 12.6 Å². The molecule has 1 aliphatic rings. The molecule has 1 atom stereocenters. The highest BCUT2D eigenvalue weighted by molar-refractivity contribution is 7.80. The third-order valence-corrected chi connectivity index (χ3v) is 2.61. The monoisotopic (exact) mass is 226 g/mol. The van der Waals surface area contributed by atoms with E-state index in [0.717, 1.165) is 17.1 Å². The average molecular weight is 226 g/mol. The number of benzene rings is 1. The summed E-state index contributed by atoms with van der Waals surface area (Å²) in [6.45, 7) is 1.16. The molecule has 1 N–H and O–H groups in total. The zero-order valence-electron chi connectivity index (χ0n) is 8.35. The maximum absolute atomic E-state index is 9.78. The van der Waals surface area contributed by atoms with Gasteiger partial charge in [0.1, 0.15) is 13.2 Å². The lowest BCUT2D eigenvalue weighted by Gasteiger charge is -2.20. The first-order valence-electron chi connectivity index (χ1n) is 4.99. The molecule has 4 heteroatoms. The summed E-state index contributed by atoms with van der Waals surface area (Å²) in [5, 5.41) is 9.78. The van der Waals surface area contributed by atoms with Crippen molar-refractivity contribution in [2.75, 3.05) is 19.0 Å². The summed E-state index contributed by atoms with van der Waals surface area (Å²) >= 11 is 4.09. The molecule has 0 saturated heterocycles. The van der Waals surface area contributed by atoms with Crippen molar-refractivity contribution in [3.8, 4) is 11.5 Å². The molecule has 0 saturated carbocycles. The van der Waals surface area contributed by atoms with Crippen LogP contribution in [0.4, 0.5) is 0 Å². The molecule has 1 aromatic rings. The second-order valence-electron chi connectivity index (χ2n) is 3.43. The van der Waals surface area contributed by atoms with Gasteiger partial charge in [-0.15, -0.1) is 0 Å². The molecule has 1 aliphatic heterocycles. The van der Waals surface area contributed by atoms with E-state index in [-0.39, 0.29) is 0 Å². The predicted molar refractivity (Wildman–Crippen MR) is 60.9 cm³/mol. The molecule has 1 aromatic carbocycles. The third-order valence-electron chi connectivity index (χ3n) is 2.35. The highest BCUT2D eigenvalue weighted by Crippen LogP contribution is 2.33. The van der Waals surface area contributed by atoms with Crippen molar-refractivity contribution >= 4 is 12.6 Å². The van der Waals surface area contributed by atoms with Gasteiger partial charge in [0, 0.05) is 0 Å². The molecule has 0 radical (unpaired) electrons. The quantitative estimate of drug-likeness (QED) is 0.772. The summed E-state index contributed by atoms with van der Waals surface area (Å²) in [7, 11) is 0. The largest absolute Gasteiger partial charge is 0.486 e. The van der Waals surface area contributed by atoms with Crippen molar-refractivity contribution in [3.63, 3.8) is 0 Å². The summed E-state index contributed by atoms with van der Waals surface area (Å²) < 4.78 is 10.8. The van der Waals surface area contributed by atoms with E-state index in [9.17, 15) is 5.11 Å². The molecular weight excluding hydrogens is 212 g/mol. The van der Waals surface area contributed by atoms with Crippen molar-refractivity contribution in [1.29, 1.82) is 0 Å². The number of hydrogen-bond donors (Lipinski definition) is 2. The normalized spacial score (nSPS) is 16.1. The number of aliphatic hydroxyl groups is 1. The number of aliphatic hydroxyl groups excluding tert-OH is 1. The smallest absolute Gasteiger partial charge is 0.161 e. The minimum atomic E-state index is -0.474. The summed E-state index contributed by atoms with van der Waals surface area (Å²) in [5.74, 6) is 2.13. The van der Waals surface area contributed by atoms with E-state index in [4.69, 9.17) is 9.47 Å². The van der Waals surface area contributed by atoms with Gasteiger partial charge in [0.15, 0.2) is 11.5 Å². The highest BCUT2D eigenvalue weighted by atomic mass is 32.1. The molecule has 1 unspecified atom stereocenters. The molecule has 0 spiro atoms. The molecule has 82 valence electrons. The predicted octanol–water partition coefficient (Wildman–Crippen LogP) is 1.81. The van der Waals surface area contributed by atoms with Gasteiger partial charge in [-0.25, -0.2) is 0 Å². The van der Waals surface area contributed by atoms with E-state index >= 15 is 0 Å². The summed E-state index contributed by atoms with van der Waals surface area (Å²) in [5.41, 5.74) is 0.855. The molecule has 15 heavy (non-hydrogen) atoms. The van der Waals surface area contributed by atoms with Gasteiger partial charge < -0.3 is 14.6 Å². The third kappa shape index (κ3) is 2.38. The molecule has 0 aromatic heterocycles. The number of hydrogen-bond acceptors (Lipinski definition) is 4. The first-order valence-corrected chi connectivity index (χ1v) is 5.63. The van der Waals surface area contributed by atoms with Crippen LogP contribution in [-0.2, 0) is 0 Å². The number of ether oxygens (including phenoxy) is 2. The molecule has 1 heterocycles. The van der Waals surface area contributed by atoms with Gasteiger partial charge in [-0.2, -0.15) is 12.6 Å². The maximum atomic E-state index is 9.78. The average Bonchev–Trinajstić information content (AvgIpc) is 2.29. The molecule has 3 nitrogen and oxygen atoms in total. The van der Waals surface area contributed by atoms with Crippen LogP contribution in [0.5, 0.6) is 11.5 Å². The maximum Gasteiger partial charge on any atom is 0.161 e. The van der Waals surface area contributed by atoms with E-state index < -0.39 is 6.10 Å². The molecule has 0 amide bonds. The fourth-order valence-corrected chi connectivity index (χ4v) is 1.80. The Balaban J connectivity index is 2.20. The number of thiol groups is 1. The minimum absolute atomic E-state index is 0.474. The Morgan fingerprint density at radius 3 is 2.73 bits per heavy atom. The Morgan fingerprint density at radius 1 is 1.27 bits per heavy atom. The van der Waals surface area contributed by atoms with Crippen LogP contribution < -0.4 is 9.47 Å². The Labute approximate surface area is 94.4 Å². The molecule has 0 aliphatic carbocycles. The Kier molecular flexibility index (Phi) is 3.38. The van der Waals surface area contributed by atoms with Crippen LogP contribution in [0.3, 0.4) is 0 Å². The first-order chi connectivity index (χ1) is 7.31. The molecule has 0 fully saturated rings. The molecule has 0 bridgehead atoms. The summed E-state index contributed by atoms with van der Waals surface area (Å²) in [4.78, 5) is 0. The first kappa shape index (κ1) is 10.6. The lowest BCUT2D eigenvalue weighted by molar-refractivity contribution is 0.163. The fraction of sp³-hybridized carbons (Fsp3) is 0.455. The van der Waals surface area contributed by atoms with Crippen molar-refractivity contribution in [1.82, 2.24) is 0 Å². The SMILES string of the molecule is OC(CCS)c1ccc2c(c1)OCCO2. The van der Waals surface area contributed by atoms with E-state index in [1.54, 1.807) is 0 Å². The van der Waals surface area contributed by atoms with Crippen molar-refractivity contribution in [2.45, 2.75) is 12.5 Å². The van der Waals surface area contributed by atoms with Crippen molar-refractivity contribution in [3.05, 3.63) is 23.8 Å². The topological polar surface area (TPSA) is 38.7 Å². The van der Waals surface area contributed by atoms with Crippen molar-refractivity contribution in [2.24, 2.45) is 0 Å². The van der Waals surface area contributed by atoms with Crippen LogP contribution in [0, 0.1) is 0 Å². The highest BCUT2D eigenvalue weighted by Gasteiger charge is 2.14. The second kappa shape index (κ2) is 4.77. The van der Waals surface area contributed by atoms with Crippen LogP contribution in [-0.4, -0.2) is 24.1 Å². The summed E-state index contributed by atoms with van der Waals surface area (Å²) in [6, 6.07) is 5.54. The van der Waals surface area contributed by atoms with E-state index in [0.29, 0.717) is 25.4 Å². The zero-order chi connectivity index (χ0) is 10.7. The fourth-order valence-electron chi connectivity index (χ4n) is 1.56. The molecular formula is C11H14O3S. The van der Waals surface area contributed by atoms with Gasteiger partial charge >= 0.3 is 0 Å². The van der Waals surface area contributed by atoms with Gasteiger partial charge in [0.05, 0.1) is 6.10 Å². The van der Waals surface area contributed by atoms with Gasteiger partial charge in [0.2, 0.25) is 0 Å². The van der Waals surface area contributed by atoms with Gasteiger partial charge in [-0.05, 0) is 29.9 Å². The van der Waals surface area contributed by atoms with Crippen LogP contribution in [0.2, 0.25) is 0 Å². The second-order valence-corrected chi connectivity index (χ2v) is 3.88. The van der Waals surface area contributed by atoms with Crippen LogP contribution in [0.15, 0.2) is 18.2 Å². The van der Waals surface area contributed by atoms with Gasteiger partial charge in [0.25, 0.3) is 0 Å². The number of rotatable bonds is 3. The summed E-state index contributed by atoms with van der Waals surface area (Å²) in [6.07, 6.45) is 0.168. The van der Waals surface area contributed by atoms with Crippen LogP contribution in [0.1, 0.15) is 18.1 Å². The lowest BCUT2D eigenvalue weighted by atomic mass is 10.1. The van der Waals surface area contributed by atoms with E-state index in [2.05, 4.69) is 12.6 Å². The zero-order valence-corrected chi connectivity index (χ0v) is 9.24. The lowest BCUT2D eigenvalue weighted by Crippen LogP contribution is -2.15.